The van der Waals surface area contributed by atoms with Gasteiger partial charge in [0.2, 0.25) is 6.79 Å². The minimum absolute atomic E-state index is 0.0471. The zero-order chi connectivity index (χ0) is 24.0. The van der Waals surface area contributed by atoms with Crippen LogP contribution in [0.1, 0.15) is 54.4 Å². The van der Waals surface area contributed by atoms with Crippen LogP contribution in [0.25, 0.3) is 10.2 Å². The summed E-state index contributed by atoms with van der Waals surface area (Å²) in [4.78, 5) is 23.9. The van der Waals surface area contributed by atoms with Gasteiger partial charge in [-0.3, -0.25) is 0 Å². The number of rotatable bonds is 11. The van der Waals surface area contributed by atoms with E-state index in [1.807, 2.05) is 18.2 Å². The third-order valence-electron chi connectivity index (χ3n) is 6.21. The third kappa shape index (κ3) is 5.67. The second kappa shape index (κ2) is 11.2. The van der Waals surface area contributed by atoms with E-state index in [-0.39, 0.29) is 19.4 Å². The van der Waals surface area contributed by atoms with Gasteiger partial charge in [-0.1, -0.05) is 19.4 Å². The van der Waals surface area contributed by atoms with Crippen molar-refractivity contribution >= 4 is 33.3 Å². The highest BCUT2D eigenvalue weighted by molar-refractivity contribution is 7.19. The fourth-order valence-electron chi connectivity index (χ4n) is 4.37. The molecule has 8 nitrogen and oxygen atoms in total. The molecular weight excluding hydrogens is 466 g/mol. The van der Waals surface area contributed by atoms with Crippen LogP contribution >= 0.6 is 11.3 Å². The van der Waals surface area contributed by atoms with Crippen molar-refractivity contribution in [2.75, 3.05) is 31.9 Å². The number of fused-ring (bicyclic) bond motifs is 4. The van der Waals surface area contributed by atoms with Gasteiger partial charge in [-0.25, -0.2) is 14.8 Å². The van der Waals surface area contributed by atoms with Crippen molar-refractivity contribution in [1.82, 2.24) is 9.97 Å². The summed E-state index contributed by atoms with van der Waals surface area (Å²) in [6, 6.07) is 5.98. The van der Waals surface area contributed by atoms with Crippen molar-refractivity contribution in [3.05, 3.63) is 40.0 Å². The average molecular weight is 498 g/mol. The summed E-state index contributed by atoms with van der Waals surface area (Å²) in [5, 5.41) is 4.70. The maximum Gasteiger partial charge on any atom is 0.332 e. The van der Waals surface area contributed by atoms with Crippen LogP contribution < -0.4 is 14.8 Å². The SMILES string of the molecule is CCCCOC(=O)COCCc1nc(NCc2ccc3c(c2)OCO3)c2c3c(sc2n1)CCCC3. The van der Waals surface area contributed by atoms with Crippen LogP contribution in [-0.2, 0) is 40.1 Å². The number of hydrogen-bond acceptors (Lipinski definition) is 9. The number of thiophene rings is 1. The van der Waals surface area contributed by atoms with Gasteiger partial charge in [0, 0.05) is 17.8 Å². The summed E-state index contributed by atoms with van der Waals surface area (Å²) < 4.78 is 21.6. The lowest BCUT2D eigenvalue weighted by Crippen LogP contribution is -2.15. The molecule has 186 valence electrons. The number of unbranched alkanes of at least 4 members (excludes halogenated alkanes) is 1. The molecule has 2 aliphatic rings. The van der Waals surface area contributed by atoms with Gasteiger partial charge in [-0.05, 0) is 55.4 Å². The topological polar surface area (TPSA) is 91.8 Å². The summed E-state index contributed by atoms with van der Waals surface area (Å²) in [6.07, 6.45) is 6.99. The summed E-state index contributed by atoms with van der Waals surface area (Å²) in [5.74, 6) is 2.80. The van der Waals surface area contributed by atoms with E-state index >= 15 is 0 Å². The monoisotopic (exact) mass is 497 g/mol. The molecule has 0 fully saturated rings. The average Bonchev–Trinajstić information content (AvgIpc) is 3.49. The molecule has 0 saturated heterocycles. The highest BCUT2D eigenvalue weighted by atomic mass is 32.1. The number of ether oxygens (including phenoxy) is 4. The van der Waals surface area contributed by atoms with Gasteiger partial charge in [-0.15, -0.1) is 11.3 Å². The van der Waals surface area contributed by atoms with Crippen molar-refractivity contribution in [3.8, 4) is 11.5 Å². The number of aryl methyl sites for hydroxylation is 2. The quantitative estimate of drug-likeness (QED) is 0.298. The van der Waals surface area contributed by atoms with E-state index in [1.54, 1.807) is 11.3 Å². The van der Waals surface area contributed by atoms with Crippen molar-refractivity contribution in [1.29, 1.82) is 0 Å². The Bertz CT molecular complexity index is 1200. The van der Waals surface area contributed by atoms with E-state index in [0.29, 0.717) is 32.0 Å². The predicted molar refractivity (Wildman–Crippen MR) is 134 cm³/mol. The molecule has 0 atom stereocenters. The molecule has 9 heteroatoms. The first-order valence-electron chi connectivity index (χ1n) is 12.4. The first kappa shape index (κ1) is 23.8. The molecule has 2 aromatic heterocycles. The lowest BCUT2D eigenvalue weighted by atomic mass is 9.97. The van der Waals surface area contributed by atoms with Gasteiger partial charge in [0.25, 0.3) is 0 Å². The second-order valence-electron chi connectivity index (χ2n) is 8.80. The van der Waals surface area contributed by atoms with Gasteiger partial charge in [0.05, 0.1) is 18.6 Å². The minimum Gasteiger partial charge on any atom is -0.464 e. The van der Waals surface area contributed by atoms with Crippen LogP contribution in [0.4, 0.5) is 5.82 Å². The zero-order valence-corrected chi connectivity index (χ0v) is 20.9. The highest BCUT2D eigenvalue weighted by Crippen LogP contribution is 2.39. The van der Waals surface area contributed by atoms with Crippen LogP contribution in [0, 0.1) is 0 Å². The molecule has 0 unspecified atom stereocenters. The van der Waals surface area contributed by atoms with Crippen molar-refractivity contribution in [3.63, 3.8) is 0 Å². The fourth-order valence-corrected chi connectivity index (χ4v) is 5.65. The number of nitrogens with one attached hydrogen (secondary N) is 1. The van der Waals surface area contributed by atoms with E-state index in [2.05, 4.69) is 12.2 Å². The molecule has 0 spiro atoms. The van der Waals surface area contributed by atoms with Crippen molar-refractivity contribution in [2.45, 2.75) is 58.4 Å². The van der Waals surface area contributed by atoms with E-state index in [1.165, 1.54) is 23.3 Å². The number of benzene rings is 1. The first-order chi connectivity index (χ1) is 17.2. The molecule has 1 aliphatic heterocycles. The van der Waals surface area contributed by atoms with Gasteiger partial charge in [0.1, 0.15) is 23.1 Å². The van der Waals surface area contributed by atoms with Crippen LogP contribution in [-0.4, -0.2) is 42.6 Å². The van der Waals surface area contributed by atoms with Crippen LogP contribution in [0.15, 0.2) is 18.2 Å². The summed E-state index contributed by atoms with van der Waals surface area (Å²) in [6.45, 7) is 3.70. The maximum absolute atomic E-state index is 11.8. The second-order valence-corrected chi connectivity index (χ2v) is 9.88. The van der Waals surface area contributed by atoms with Crippen LogP contribution in [0.2, 0.25) is 0 Å². The Morgan fingerprint density at radius 2 is 2.03 bits per heavy atom. The van der Waals surface area contributed by atoms with Crippen LogP contribution in [0.3, 0.4) is 0 Å². The Labute approximate surface area is 209 Å². The summed E-state index contributed by atoms with van der Waals surface area (Å²) >= 11 is 1.78. The lowest BCUT2D eigenvalue weighted by molar-refractivity contribution is -0.149. The van der Waals surface area contributed by atoms with E-state index in [4.69, 9.17) is 28.9 Å². The molecular formula is C26H31N3O5S. The molecule has 35 heavy (non-hydrogen) atoms. The standard InChI is InChI=1S/C26H31N3O5S/c1-2-3-11-32-23(30)15-31-12-10-22-28-25(24-18-6-4-5-7-21(18)35-26(24)29-22)27-14-17-8-9-19-20(13-17)34-16-33-19/h8-9,13H,2-7,10-12,14-16H2,1H3,(H,27,28,29). The predicted octanol–water partition coefficient (Wildman–Crippen LogP) is 4.81. The molecule has 1 N–H and O–H groups in total. The Morgan fingerprint density at radius 3 is 2.94 bits per heavy atom. The molecule has 0 bridgehead atoms. The van der Waals surface area contributed by atoms with Gasteiger partial charge in [0.15, 0.2) is 11.5 Å². The highest BCUT2D eigenvalue weighted by Gasteiger charge is 2.21. The zero-order valence-electron chi connectivity index (χ0n) is 20.1. The maximum atomic E-state index is 11.8. The van der Waals surface area contributed by atoms with Gasteiger partial charge in [-0.2, -0.15) is 0 Å². The number of aromatic nitrogens is 2. The molecule has 0 amide bonds. The van der Waals surface area contributed by atoms with E-state index < -0.39 is 0 Å². The Morgan fingerprint density at radius 1 is 1.14 bits per heavy atom. The Hall–Kier alpha value is -2.91. The third-order valence-corrected chi connectivity index (χ3v) is 7.39. The summed E-state index contributed by atoms with van der Waals surface area (Å²) in [7, 11) is 0. The number of carbonyl (C=O) groups excluding carboxylic acids is 1. The minimum atomic E-state index is -0.327. The molecule has 0 radical (unpaired) electrons. The molecule has 1 aliphatic carbocycles. The number of nitrogens with zero attached hydrogens (tertiary/aromatic N) is 2. The lowest BCUT2D eigenvalue weighted by Gasteiger charge is -2.14. The largest absolute Gasteiger partial charge is 0.464 e. The van der Waals surface area contributed by atoms with Crippen molar-refractivity contribution in [2.24, 2.45) is 0 Å². The van der Waals surface area contributed by atoms with Crippen molar-refractivity contribution < 1.29 is 23.7 Å². The number of hydrogen-bond donors (Lipinski definition) is 1. The number of esters is 1. The van der Waals surface area contributed by atoms with Gasteiger partial charge < -0.3 is 24.3 Å². The van der Waals surface area contributed by atoms with Crippen LogP contribution in [0.5, 0.6) is 11.5 Å². The molecule has 0 saturated carbocycles. The Kier molecular flexibility index (Phi) is 7.63. The Balaban J connectivity index is 1.29. The normalized spacial score (nSPS) is 14.2. The molecule has 3 aromatic rings. The fraction of sp³-hybridized carbons (Fsp3) is 0.500. The smallest absolute Gasteiger partial charge is 0.332 e. The molecule has 1 aromatic carbocycles. The number of anilines is 1. The number of carbonyl (C=O) groups is 1. The van der Waals surface area contributed by atoms with Gasteiger partial charge >= 0.3 is 5.97 Å². The van der Waals surface area contributed by atoms with E-state index in [0.717, 1.165) is 58.8 Å². The molecule has 5 rings (SSSR count). The summed E-state index contributed by atoms with van der Waals surface area (Å²) in [5.41, 5.74) is 2.48. The molecule has 3 heterocycles. The van der Waals surface area contributed by atoms with E-state index in [9.17, 15) is 4.79 Å². The first-order valence-corrected chi connectivity index (χ1v) is 13.2.